The second-order valence-corrected chi connectivity index (χ2v) is 7.45. The summed E-state index contributed by atoms with van der Waals surface area (Å²) >= 11 is 0. The van der Waals surface area contributed by atoms with Crippen LogP contribution in [-0.4, -0.2) is 48.7 Å². The van der Waals surface area contributed by atoms with Crippen molar-refractivity contribution in [3.63, 3.8) is 0 Å². The van der Waals surface area contributed by atoms with Gasteiger partial charge < -0.3 is 5.73 Å². The molecule has 1 fully saturated rings. The second kappa shape index (κ2) is 7.73. The van der Waals surface area contributed by atoms with Crippen molar-refractivity contribution in [1.29, 1.82) is 0 Å². The lowest BCUT2D eigenvalue weighted by Crippen LogP contribution is -2.59. The standard InChI is InChI=1S/C14H31N3O2S/c1-4-16(5-2)20(18,19)17(6-3)14(13-15)11-9-7-8-10-12-14/h4-13,15H2,1-3H3. The van der Waals surface area contributed by atoms with Crippen LogP contribution < -0.4 is 5.73 Å². The number of nitrogens with zero attached hydrogens (tertiary/aromatic N) is 2. The Hall–Kier alpha value is -0.170. The highest BCUT2D eigenvalue weighted by molar-refractivity contribution is 7.86. The fourth-order valence-corrected chi connectivity index (χ4v) is 5.38. The minimum absolute atomic E-state index is 0.382. The van der Waals surface area contributed by atoms with Gasteiger partial charge in [0.05, 0.1) is 0 Å². The fraction of sp³-hybridized carbons (Fsp3) is 1.00. The first-order chi connectivity index (χ1) is 9.48. The molecule has 120 valence electrons. The maximum absolute atomic E-state index is 12.9. The molecule has 1 aliphatic rings. The normalized spacial score (nSPS) is 20.3. The molecule has 0 aromatic carbocycles. The molecule has 2 N–H and O–H groups in total. The highest BCUT2D eigenvalue weighted by Gasteiger charge is 2.43. The molecular formula is C14H31N3O2S. The first kappa shape index (κ1) is 17.9. The van der Waals surface area contributed by atoms with Crippen LogP contribution in [-0.2, 0) is 10.2 Å². The third-order valence-corrected chi connectivity index (χ3v) is 6.91. The summed E-state index contributed by atoms with van der Waals surface area (Å²) in [4.78, 5) is 0. The molecule has 0 aromatic rings. The van der Waals surface area contributed by atoms with Crippen LogP contribution in [0.5, 0.6) is 0 Å². The lowest BCUT2D eigenvalue weighted by Gasteiger charge is -2.43. The zero-order valence-electron chi connectivity index (χ0n) is 13.3. The molecule has 0 aliphatic heterocycles. The van der Waals surface area contributed by atoms with Gasteiger partial charge in [0.15, 0.2) is 0 Å². The van der Waals surface area contributed by atoms with Crippen LogP contribution in [0.4, 0.5) is 0 Å². The van der Waals surface area contributed by atoms with E-state index in [2.05, 4.69) is 0 Å². The van der Waals surface area contributed by atoms with Gasteiger partial charge in [0.2, 0.25) is 0 Å². The van der Waals surface area contributed by atoms with E-state index >= 15 is 0 Å². The summed E-state index contributed by atoms with van der Waals surface area (Å²) in [5.41, 5.74) is 5.66. The summed E-state index contributed by atoms with van der Waals surface area (Å²) < 4.78 is 29.0. The minimum atomic E-state index is -3.41. The molecule has 0 saturated heterocycles. The zero-order chi connectivity index (χ0) is 15.2. The third-order valence-electron chi connectivity index (χ3n) is 4.54. The van der Waals surface area contributed by atoms with Crippen molar-refractivity contribution < 1.29 is 8.42 Å². The molecule has 6 heteroatoms. The van der Waals surface area contributed by atoms with Crippen LogP contribution in [0.25, 0.3) is 0 Å². The van der Waals surface area contributed by atoms with Gasteiger partial charge in [-0.15, -0.1) is 0 Å². The molecule has 5 nitrogen and oxygen atoms in total. The van der Waals surface area contributed by atoms with Crippen molar-refractivity contribution in [1.82, 2.24) is 8.61 Å². The van der Waals surface area contributed by atoms with Gasteiger partial charge in [0.25, 0.3) is 10.2 Å². The van der Waals surface area contributed by atoms with E-state index in [-0.39, 0.29) is 5.54 Å². The van der Waals surface area contributed by atoms with Crippen molar-refractivity contribution in [3.8, 4) is 0 Å². The summed E-state index contributed by atoms with van der Waals surface area (Å²) in [5, 5.41) is 0. The van der Waals surface area contributed by atoms with Crippen LogP contribution in [0.2, 0.25) is 0 Å². The van der Waals surface area contributed by atoms with Crippen molar-refractivity contribution in [2.45, 2.75) is 64.8 Å². The summed E-state index contributed by atoms with van der Waals surface area (Å²) in [6.07, 6.45) is 6.29. The van der Waals surface area contributed by atoms with E-state index in [4.69, 9.17) is 5.73 Å². The van der Waals surface area contributed by atoms with Crippen LogP contribution in [0, 0.1) is 0 Å². The van der Waals surface area contributed by atoms with E-state index < -0.39 is 10.2 Å². The lowest BCUT2D eigenvalue weighted by atomic mass is 9.90. The number of rotatable bonds is 7. The summed E-state index contributed by atoms with van der Waals surface area (Å²) in [6, 6.07) is 0. The van der Waals surface area contributed by atoms with Crippen molar-refractivity contribution in [3.05, 3.63) is 0 Å². The molecule has 0 heterocycles. The molecule has 0 aromatic heterocycles. The molecular weight excluding hydrogens is 274 g/mol. The second-order valence-electron chi connectivity index (χ2n) is 5.60. The maximum atomic E-state index is 12.9. The Balaban J connectivity index is 3.13. The smallest absolute Gasteiger partial charge is 0.282 e. The van der Waals surface area contributed by atoms with Gasteiger partial charge in [0.1, 0.15) is 0 Å². The highest BCUT2D eigenvalue weighted by Crippen LogP contribution is 2.34. The summed E-state index contributed by atoms with van der Waals surface area (Å²) in [7, 11) is -3.41. The Kier molecular flexibility index (Phi) is 6.91. The number of likely N-dealkylation sites (N-methyl/N-ethyl adjacent to an activating group) is 1. The summed E-state index contributed by atoms with van der Waals surface area (Å²) in [5.74, 6) is 0. The first-order valence-electron chi connectivity index (χ1n) is 7.96. The Morgan fingerprint density at radius 3 is 1.80 bits per heavy atom. The van der Waals surface area contributed by atoms with E-state index in [0.717, 1.165) is 25.7 Å². The molecule has 1 saturated carbocycles. The first-order valence-corrected chi connectivity index (χ1v) is 9.36. The maximum Gasteiger partial charge on any atom is 0.282 e. The van der Waals surface area contributed by atoms with Gasteiger partial charge in [-0.1, -0.05) is 46.5 Å². The van der Waals surface area contributed by atoms with Crippen LogP contribution in [0.3, 0.4) is 0 Å². The lowest BCUT2D eigenvalue weighted by molar-refractivity contribution is 0.162. The number of nitrogens with two attached hydrogens (primary N) is 1. The SMILES string of the molecule is CCN(CC)S(=O)(=O)N(CC)C1(CN)CCCCCC1. The van der Waals surface area contributed by atoms with E-state index in [1.165, 1.54) is 12.8 Å². The van der Waals surface area contributed by atoms with Gasteiger partial charge in [-0.25, -0.2) is 0 Å². The molecule has 0 spiro atoms. The number of hydrogen-bond donors (Lipinski definition) is 1. The molecule has 0 radical (unpaired) electrons. The topological polar surface area (TPSA) is 66.6 Å². The van der Waals surface area contributed by atoms with E-state index in [9.17, 15) is 8.42 Å². The Bertz CT molecular complexity index is 372. The monoisotopic (exact) mass is 305 g/mol. The largest absolute Gasteiger partial charge is 0.329 e. The van der Waals surface area contributed by atoms with Gasteiger partial charge in [-0.05, 0) is 12.8 Å². The molecule has 0 unspecified atom stereocenters. The van der Waals surface area contributed by atoms with E-state index in [0.29, 0.717) is 26.2 Å². The molecule has 1 rings (SSSR count). The van der Waals surface area contributed by atoms with Gasteiger partial charge in [0, 0.05) is 31.7 Å². The average molecular weight is 305 g/mol. The van der Waals surface area contributed by atoms with Crippen LogP contribution in [0.15, 0.2) is 0 Å². The van der Waals surface area contributed by atoms with Crippen molar-refractivity contribution in [2.75, 3.05) is 26.2 Å². The Morgan fingerprint density at radius 1 is 0.950 bits per heavy atom. The van der Waals surface area contributed by atoms with Crippen LogP contribution in [0.1, 0.15) is 59.3 Å². The predicted molar refractivity (Wildman–Crippen MR) is 83.7 cm³/mol. The quantitative estimate of drug-likeness (QED) is 0.731. The fourth-order valence-electron chi connectivity index (χ4n) is 3.37. The summed E-state index contributed by atoms with van der Waals surface area (Å²) in [6.45, 7) is 7.63. The van der Waals surface area contributed by atoms with E-state index in [1.54, 1.807) is 8.61 Å². The molecule has 0 bridgehead atoms. The highest BCUT2D eigenvalue weighted by atomic mass is 32.2. The number of hydrogen-bond acceptors (Lipinski definition) is 3. The van der Waals surface area contributed by atoms with Crippen LogP contribution >= 0.6 is 0 Å². The third kappa shape index (κ3) is 3.53. The Labute approximate surface area is 124 Å². The van der Waals surface area contributed by atoms with Gasteiger partial charge in [-0.3, -0.25) is 0 Å². The van der Waals surface area contributed by atoms with Crippen molar-refractivity contribution >= 4 is 10.2 Å². The van der Waals surface area contributed by atoms with Gasteiger partial charge >= 0.3 is 0 Å². The van der Waals surface area contributed by atoms with Crippen molar-refractivity contribution in [2.24, 2.45) is 5.73 Å². The predicted octanol–water partition coefficient (Wildman–Crippen LogP) is 1.95. The molecule has 0 amide bonds. The molecule has 0 atom stereocenters. The Morgan fingerprint density at radius 2 is 1.45 bits per heavy atom. The molecule has 20 heavy (non-hydrogen) atoms. The molecule has 1 aliphatic carbocycles. The van der Waals surface area contributed by atoms with Gasteiger partial charge in [-0.2, -0.15) is 17.0 Å². The minimum Gasteiger partial charge on any atom is -0.329 e. The zero-order valence-corrected chi connectivity index (χ0v) is 14.1. The average Bonchev–Trinajstić information content (AvgIpc) is 2.66. The van der Waals surface area contributed by atoms with E-state index in [1.807, 2.05) is 20.8 Å².